The molecular formula is C15H20FNO2. The molecule has 1 N–H and O–H groups in total. The molecule has 4 heteroatoms. The van der Waals surface area contributed by atoms with E-state index in [1.54, 1.807) is 6.07 Å². The second-order valence-electron chi connectivity index (χ2n) is 5.41. The third-order valence-electron chi connectivity index (χ3n) is 3.77. The standard InChI is InChI=1S/C15H20FNO2/c1-11-2-3-14(16)13(8-11)10-17-6-4-12(5-7-17)9-15(18)19/h2-3,8,12H,4-7,9-10H2,1H3,(H,18,19). The molecule has 0 bridgehead atoms. The number of likely N-dealkylation sites (tertiary alicyclic amines) is 1. The normalized spacial score (nSPS) is 17.6. The van der Waals surface area contributed by atoms with Gasteiger partial charge in [-0.15, -0.1) is 0 Å². The topological polar surface area (TPSA) is 40.5 Å². The maximum absolute atomic E-state index is 13.7. The lowest BCUT2D eigenvalue weighted by molar-refractivity contribution is -0.138. The maximum atomic E-state index is 13.7. The summed E-state index contributed by atoms with van der Waals surface area (Å²) in [5.74, 6) is -0.599. The van der Waals surface area contributed by atoms with E-state index in [2.05, 4.69) is 4.90 Å². The predicted molar refractivity (Wildman–Crippen MR) is 71.4 cm³/mol. The van der Waals surface area contributed by atoms with E-state index in [4.69, 9.17) is 5.11 Å². The van der Waals surface area contributed by atoms with Crippen molar-refractivity contribution >= 4 is 5.97 Å². The molecule has 0 atom stereocenters. The fourth-order valence-corrected chi connectivity index (χ4v) is 2.66. The van der Waals surface area contributed by atoms with Gasteiger partial charge in [0.25, 0.3) is 0 Å². The van der Waals surface area contributed by atoms with E-state index in [-0.39, 0.29) is 18.2 Å². The van der Waals surface area contributed by atoms with Gasteiger partial charge >= 0.3 is 5.97 Å². The molecule has 1 aromatic carbocycles. The molecule has 0 unspecified atom stereocenters. The Morgan fingerprint density at radius 3 is 2.74 bits per heavy atom. The number of rotatable bonds is 4. The van der Waals surface area contributed by atoms with Gasteiger partial charge in [0, 0.05) is 18.5 Å². The van der Waals surface area contributed by atoms with E-state index in [0.717, 1.165) is 37.1 Å². The minimum Gasteiger partial charge on any atom is -0.481 e. The van der Waals surface area contributed by atoms with Crippen LogP contribution in [0, 0.1) is 18.7 Å². The molecule has 0 aromatic heterocycles. The summed E-state index contributed by atoms with van der Waals surface area (Å²) in [4.78, 5) is 12.9. The van der Waals surface area contributed by atoms with Gasteiger partial charge in [0.05, 0.1) is 0 Å². The third kappa shape index (κ3) is 4.03. The summed E-state index contributed by atoms with van der Waals surface area (Å²) in [6.07, 6.45) is 2.03. The molecule has 0 amide bonds. The fourth-order valence-electron chi connectivity index (χ4n) is 2.66. The number of aliphatic carboxylic acids is 1. The molecule has 0 saturated carbocycles. The van der Waals surface area contributed by atoms with Gasteiger partial charge in [-0.3, -0.25) is 9.69 Å². The Bertz CT molecular complexity index is 453. The highest BCUT2D eigenvalue weighted by Crippen LogP contribution is 2.22. The molecule has 2 rings (SSSR count). The van der Waals surface area contributed by atoms with Crippen LogP contribution in [0.5, 0.6) is 0 Å². The van der Waals surface area contributed by atoms with Crippen LogP contribution in [0.1, 0.15) is 30.4 Å². The highest BCUT2D eigenvalue weighted by atomic mass is 19.1. The zero-order valence-corrected chi connectivity index (χ0v) is 11.2. The molecule has 3 nitrogen and oxygen atoms in total. The first kappa shape index (κ1) is 14.0. The van der Waals surface area contributed by atoms with Gasteiger partial charge in [-0.05, 0) is 44.8 Å². The molecule has 1 saturated heterocycles. The zero-order chi connectivity index (χ0) is 13.8. The van der Waals surface area contributed by atoms with E-state index in [1.165, 1.54) is 6.07 Å². The van der Waals surface area contributed by atoms with Crippen LogP contribution in [0.25, 0.3) is 0 Å². The Morgan fingerprint density at radius 2 is 2.11 bits per heavy atom. The largest absolute Gasteiger partial charge is 0.481 e. The summed E-state index contributed by atoms with van der Waals surface area (Å²) in [5, 5.41) is 8.77. The Hall–Kier alpha value is -1.42. The van der Waals surface area contributed by atoms with Crippen LogP contribution in [0.3, 0.4) is 0 Å². The molecule has 1 aliphatic rings. The molecule has 1 fully saturated rings. The molecule has 0 radical (unpaired) electrons. The highest BCUT2D eigenvalue weighted by molar-refractivity contribution is 5.67. The molecular weight excluding hydrogens is 245 g/mol. The smallest absolute Gasteiger partial charge is 0.303 e. The van der Waals surface area contributed by atoms with Crippen molar-refractivity contribution in [1.82, 2.24) is 4.90 Å². The second kappa shape index (κ2) is 6.15. The number of halogens is 1. The van der Waals surface area contributed by atoms with Crippen LogP contribution in [0.2, 0.25) is 0 Å². The van der Waals surface area contributed by atoms with E-state index < -0.39 is 5.97 Å². The van der Waals surface area contributed by atoms with Gasteiger partial charge in [0.1, 0.15) is 5.82 Å². The Morgan fingerprint density at radius 1 is 1.42 bits per heavy atom. The first-order valence-electron chi connectivity index (χ1n) is 6.74. The molecule has 0 aliphatic carbocycles. The Balaban J connectivity index is 1.88. The molecule has 1 aromatic rings. The van der Waals surface area contributed by atoms with Gasteiger partial charge < -0.3 is 5.11 Å². The fraction of sp³-hybridized carbons (Fsp3) is 0.533. The number of carboxylic acid groups (broad SMARTS) is 1. The third-order valence-corrected chi connectivity index (χ3v) is 3.77. The average Bonchev–Trinajstić information content (AvgIpc) is 2.35. The Labute approximate surface area is 113 Å². The van der Waals surface area contributed by atoms with Crippen LogP contribution >= 0.6 is 0 Å². The van der Waals surface area contributed by atoms with E-state index in [0.29, 0.717) is 6.54 Å². The summed E-state index contributed by atoms with van der Waals surface area (Å²) in [7, 11) is 0. The molecule has 0 spiro atoms. The van der Waals surface area contributed by atoms with Crippen molar-refractivity contribution in [2.75, 3.05) is 13.1 Å². The second-order valence-corrected chi connectivity index (χ2v) is 5.41. The lowest BCUT2D eigenvalue weighted by Crippen LogP contribution is -2.34. The maximum Gasteiger partial charge on any atom is 0.303 e. The monoisotopic (exact) mass is 265 g/mol. The minimum atomic E-state index is -0.719. The SMILES string of the molecule is Cc1ccc(F)c(CN2CCC(CC(=O)O)CC2)c1. The van der Waals surface area contributed by atoms with Crippen molar-refractivity contribution in [3.63, 3.8) is 0 Å². The van der Waals surface area contributed by atoms with Gasteiger partial charge in [-0.1, -0.05) is 17.7 Å². The van der Waals surface area contributed by atoms with Crippen LogP contribution in [-0.4, -0.2) is 29.1 Å². The summed E-state index contributed by atoms with van der Waals surface area (Å²) >= 11 is 0. The predicted octanol–water partition coefficient (Wildman–Crippen LogP) is 2.82. The number of carboxylic acids is 1. The van der Waals surface area contributed by atoms with Gasteiger partial charge in [0.15, 0.2) is 0 Å². The van der Waals surface area contributed by atoms with Gasteiger partial charge in [-0.25, -0.2) is 4.39 Å². The number of carbonyl (C=O) groups is 1. The lowest BCUT2D eigenvalue weighted by atomic mass is 9.93. The zero-order valence-electron chi connectivity index (χ0n) is 11.2. The first-order valence-corrected chi connectivity index (χ1v) is 6.74. The van der Waals surface area contributed by atoms with Crippen molar-refractivity contribution in [2.45, 2.75) is 32.7 Å². The van der Waals surface area contributed by atoms with Gasteiger partial charge in [0.2, 0.25) is 0 Å². The summed E-state index contributed by atoms with van der Waals surface area (Å²) in [5.41, 5.74) is 1.80. The van der Waals surface area contributed by atoms with Crippen LogP contribution in [0.15, 0.2) is 18.2 Å². The van der Waals surface area contributed by atoms with Crippen LogP contribution in [0.4, 0.5) is 4.39 Å². The summed E-state index contributed by atoms with van der Waals surface area (Å²) < 4.78 is 13.7. The number of hydrogen-bond donors (Lipinski definition) is 1. The number of piperidine rings is 1. The van der Waals surface area contributed by atoms with Crippen molar-refractivity contribution in [3.05, 3.63) is 35.1 Å². The quantitative estimate of drug-likeness (QED) is 0.910. The van der Waals surface area contributed by atoms with Crippen molar-refractivity contribution in [3.8, 4) is 0 Å². The number of aryl methyl sites for hydroxylation is 1. The van der Waals surface area contributed by atoms with E-state index >= 15 is 0 Å². The van der Waals surface area contributed by atoms with Crippen molar-refractivity contribution in [2.24, 2.45) is 5.92 Å². The molecule has 19 heavy (non-hydrogen) atoms. The Kier molecular flexibility index (Phi) is 4.53. The summed E-state index contributed by atoms with van der Waals surface area (Å²) in [6, 6.07) is 5.18. The van der Waals surface area contributed by atoms with E-state index in [9.17, 15) is 9.18 Å². The number of benzene rings is 1. The molecule has 104 valence electrons. The van der Waals surface area contributed by atoms with Crippen molar-refractivity contribution in [1.29, 1.82) is 0 Å². The molecule has 1 aliphatic heterocycles. The van der Waals surface area contributed by atoms with Crippen molar-refractivity contribution < 1.29 is 14.3 Å². The average molecular weight is 265 g/mol. The lowest BCUT2D eigenvalue weighted by Gasteiger charge is -2.31. The minimum absolute atomic E-state index is 0.154. The van der Waals surface area contributed by atoms with Crippen LogP contribution < -0.4 is 0 Å². The highest BCUT2D eigenvalue weighted by Gasteiger charge is 2.21. The number of nitrogens with zero attached hydrogens (tertiary/aromatic N) is 1. The number of hydrogen-bond acceptors (Lipinski definition) is 2. The van der Waals surface area contributed by atoms with E-state index in [1.807, 2.05) is 13.0 Å². The van der Waals surface area contributed by atoms with Crippen LogP contribution in [-0.2, 0) is 11.3 Å². The first-order chi connectivity index (χ1) is 9.04. The molecule has 1 heterocycles. The van der Waals surface area contributed by atoms with Gasteiger partial charge in [-0.2, -0.15) is 0 Å². The summed E-state index contributed by atoms with van der Waals surface area (Å²) in [6.45, 7) is 4.28.